The Morgan fingerprint density at radius 1 is 1.31 bits per heavy atom. The highest BCUT2D eigenvalue weighted by Gasteiger charge is 2.36. The van der Waals surface area contributed by atoms with Crippen molar-refractivity contribution >= 4 is 32.2 Å². The molecule has 3 N–H and O–H groups in total. The van der Waals surface area contributed by atoms with Crippen molar-refractivity contribution in [1.82, 2.24) is 9.71 Å². The molecule has 0 saturated carbocycles. The minimum atomic E-state index is -3.89. The Bertz CT molecular complexity index is 1020. The number of pyridine rings is 1. The number of halogens is 2. The molecular formula is C15H13ClFN3O4S2. The van der Waals surface area contributed by atoms with Crippen molar-refractivity contribution in [2.24, 2.45) is 0 Å². The number of hydrogen-bond acceptors (Lipinski definition) is 6. The van der Waals surface area contributed by atoms with Crippen molar-refractivity contribution in [2.75, 3.05) is 11.5 Å². The van der Waals surface area contributed by atoms with Gasteiger partial charge in [0.15, 0.2) is 11.5 Å². The number of benzene rings is 1. The average molecular weight is 418 g/mol. The van der Waals surface area contributed by atoms with Crippen LogP contribution in [0.1, 0.15) is 5.69 Å². The molecule has 1 aliphatic heterocycles. The van der Waals surface area contributed by atoms with Gasteiger partial charge in [0, 0.05) is 5.56 Å². The molecule has 1 aliphatic rings. The van der Waals surface area contributed by atoms with E-state index in [-0.39, 0.29) is 32.8 Å². The van der Waals surface area contributed by atoms with Crippen LogP contribution in [-0.4, -0.2) is 40.1 Å². The summed E-state index contributed by atoms with van der Waals surface area (Å²) in [5.74, 6) is -0.801. The van der Waals surface area contributed by atoms with E-state index >= 15 is 0 Å². The highest BCUT2D eigenvalue weighted by atomic mass is 35.5. The number of nitriles is 1. The van der Waals surface area contributed by atoms with Crippen molar-refractivity contribution in [3.8, 4) is 17.3 Å². The molecule has 26 heavy (non-hydrogen) atoms. The third kappa shape index (κ3) is 3.83. The van der Waals surface area contributed by atoms with Gasteiger partial charge in [0.2, 0.25) is 10.0 Å². The summed E-state index contributed by atoms with van der Waals surface area (Å²) in [7, 11) is -6.55. The van der Waals surface area contributed by atoms with Crippen LogP contribution in [0.2, 0.25) is 5.02 Å². The van der Waals surface area contributed by atoms with E-state index in [4.69, 9.17) is 16.9 Å². The minimum Gasteiger partial charge on any atom is -0.299 e. The summed E-state index contributed by atoms with van der Waals surface area (Å²) in [6.07, 6.45) is 0. The maximum atomic E-state index is 13.4. The predicted molar refractivity (Wildman–Crippen MR) is 96.0 cm³/mol. The maximum Gasteiger partial charge on any atom is 0.240 e. The molecule has 0 spiro atoms. The zero-order valence-corrected chi connectivity index (χ0v) is 15.4. The van der Waals surface area contributed by atoms with Gasteiger partial charge in [-0.05, 0) is 30.3 Å². The largest absolute Gasteiger partial charge is 0.299 e. The molecule has 0 aliphatic carbocycles. The lowest BCUT2D eigenvalue weighted by molar-refractivity contribution is 0.445. The lowest BCUT2D eigenvalue weighted by Crippen LogP contribution is -2.50. The van der Waals surface area contributed by atoms with E-state index in [1.54, 1.807) is 6.07 Å². The Labute approximate surface area is 155 Å². The van der Waals surface area contributed by atoms with Crippen LogP contribution in [-0.2, 0) is 10.0 Å². The number of rotatable bonds is 4. The van der Waals surface area contributed by atoms with Gasteiger partial charge in [-0.3, -0.25) is 9.11 Å². The van der Waals surface area contributed by atoms with E-state index in [1.165, 1.54) is 24.3 Å². The van der Waals surface area contributed by atoms with Crippen LogP contribution in [0, 0.1) is 17.1 Å². The van der Waals surface area contributed by atoms with Gasteiger partial charge in [-0.2, -0.15) is 15.9 Å². The third-order valence-corrected chi connectivity index (χ3v) is 7.44. The van der Waals surface area contributed by atoms with Gasteiger partial charge < -0.3 is 0 Å². The molecule has 11 heteroatoms. The topological polar surface area (TPSA) is 123 Å². The second-order valence-electron chi connectivity index (χ2n) is 5.73. The maximum absolute atomic E-state index is 13.4. The van der Waals surface area contributed by atoms with Crippen LogP contribution in [0.4, 0.5) is 4.39 Å². The third-order valence-electron chi connectivity index (χ3n) is 3.74. The van der Waals surface area contributed by atoms with E-state index < -0.39 is 32.5 Å². The molecular weight excluding hydrogens is 405 g/mol. The summed E-state index contributed by atoms with van der Waals surface area (Å²) in [4.78, 5) is 3.76. The van der Waals surface area contributed by atoms with Crippen molar-refractivity contribution in [3.63, 3.8) is 0 Å². The molecule has 2 heterocycles. The molecule has 0 bridgehead atoms. The van der Waals surface area contributed by atoms with Crippen LogP contribution < -0.4 is 4.72 Å². The quantitative estimate of drug-likeness (QED) is 0.702. The Morgan fingerprint density at radius 2 is 2.00 bits per heavy atom. The fraction of sp³-hybridized carbons (Fsp3) is 0.200. The molecule has 1 aromatic heterocycles. The molecule has 1 fully saturated rings. The predicted octanol–water partition coefficient (Wildman–Crippen LogP) is 2.82. The van der Waals surface area contributed by atoms with Crippen LogP contribution in [0.15, 0.2) is 35.2 Å². The van der Waals surface area contributed by atoms with E-state index in [2.05, 4.69) is 9.71 Å². The molecule has 0 atom stereocenters. The second-order valence-corrected chi connectivity index (χ2v) is 10.1. The van der Waals surface area contributed by atoms with Gasteiger partial charge in [-0.25, -0.2) is 22.5 Å². The summed E-state index contributed by atoms with van der Waals surface area (Å²) < 4.78 is 59.2. The first-order valence-corrected chi connectivity index (χ1v) is 11.0. The van der Waals surface area contributed by atoms with Crippen LogP contribution in [0.5, 0.6) is 0 Å². The number of nitrogens with zero attached hydrogens (tertiary/aromatic N) is 2. The summed E-state index contributed by atoms with van der Waals surface area (Å²) >= 11 is 6.15. The average Bonchev–Trinajstić information content (AvgIpc) is 2.53. The van der Waals surface area contributed by atoms with Gasteiger partial charge in [0.1, 0.15) is 6.07 Å². The zero-order chi connectivity index (χ0) is 19.1. The monoisotopic (exact) mass is 417 g/mol. The number of sulfonamides is 1. The molecule has 7 nitrogen and oxygen atoms in total. The first-order chi connectivity index (χ1) is 12.1. The number of hydrogen-bond donors (Lipinski definition) is 3. The highest BCUT2D eigenvalue weighted by molar-refractivity contribution is 8.25. The lowest BCUT2D eigenvalue weighted by Gasteiger charge is -2.46. The van der Waals surface area contributed by atoms with Crippen molar-refractivity contribution in [1.29, 1.82) is 5.26 Å². The van der Waals surface area contributed by atoms with Crippen molar-refractivity contribution in [3.05, 3.63) is 46.9 Å². The van der Waals surface area contributed by atoms with Crippen molar-refractivity contribution < 1.29 is 21.9 Å². The van der Waals surface area contributed by atoms with Gasteiger partial charge in [-0.15, -0.1) is 0 Å². The summed E-state index contributed by atoms with van der Waals surface area (Å²) in [5, 5.41) is 8.92. The zero-order valence-electron chi connectivity index (χ0n) is 13.1. The van der Waals surface area contributed by atoms with Gasteiger partial charge >= 0.3 is 0 Å². The van der Waals surface area contributed by atoms with E-state index in [1.807, 2.05) is 0 Å². The van der Waals surface area contributed by atoms with Gasteiger partial charge in [0.25, 0.3) is 0 Å². The Hall–Kier alpha value is -1.74. The summed E-state index contributed by atoms with van der Waals surface area (Å²) in [5.41, 5.74) is 0.193. The molecule has 138 valence electrons. The SMILES string of the molecule is N#Cc1nc(-c2ccc(S(=O)(=O)NC3CS(O)(O)C3)cc2Cl)ccc1F. The Balaban J connectivity index is 1.87. The number of nitrogens with one attached hydrogen (secondary N) is 1. The molecule has 0 unspecified atom stereocenters. The molecule has 2 aromatic rings. The normalized spacial score (nSPS) is 18.0. The lowest BCUT2D eigenvalue weighted by atomic mass is 10.1. The van der Waals surface area contributed by atoms with E-state index in [0.29, 0.717) is 5.56 Å². The van der Waals surface area contributed by atoms with Crippen LogP contribution in [0.3, 0.4) is 0 Å². The highest BCUT2D eigenvalue weighted by Crippen LogP contribution is 2.48. The molecule has 0 amide bonds. The first kappa shape index (κ1) is 19.0. The first-order valence-electron chi connectivity index (χ1n) is 7.24. The molecule has 1 saturated heterocycles. The van der Waals surface area contributed by atoms with Gasteiger partial charge in [-0.1, -0.05) is 11.6 Å². The van der Waals surface area contributed by atoms with E-state index in [0.717, 1.165) is 6.07 Å². The molecule has 0 radical (unpaired) electrons. The standard InChI is InChI=1S/C15H13ClFN3O4S2/c16-12-5-10(26(23,24)20-9-7-25(21,22)8-9)1-2-11(12)14-4-3-13(17)15(6-18)19-14/h1-5,9,20-22H,7-8H2. The fourth-order valence-corrected chi connectivity index (χ4v) is 5.67. The molecule has 1 aromatic carbocycles. The second kappa shape index (κ2) is 6.77. The smallest absolute Gasteiger partial charge is 0.240 e. The minimum absolute atomic E-state index is 0.0194. The Morgan fingerprint density at radius 3 is 2.58 bits per heavy atom. The van der Waals surface area contributed by atoms with Crippen molar-refractivity contribution in [2.45, 2.75) is 10.9 Å². The number of aromatic nitrogens is 1. The summed E-state index contributed by atoms with van der Waals surface area (Å²) in [6.45, 7) is 0. The van der Waals surface area contributed by atoms with Gasteiger partial charge in [0.05, 0.1) is 33.2 Å². The Kier molecular flexibility index (Phi) is 4.96. The van der Waals surface area contributed by atoms with Crippen LogP contribution >= 0.6 is 22.2 Å². The molecule has 3 rings (SSSR count). The fourth-order valence-electron chi connectivity index (χ4n) is 2.49. The van der Waals surface area contributed by atoms with Crippen LogP contribution in [0.25, 0.3) is 11.3 Å². The summed E-state index contributed by atoms with van der Waals surface area (Å²) in [6, 6.07) is 7.43. The van der Waals surface area contributed by atoms with E-state index in [9.17, 15) is 21.9 Å².